The minimum atomic E-state index is 0. The molecule has 1 atom stereocenters. The Bertz CT molecular complexity index is 955. The number of oxazole rings is 1. The van der Waals surface area contributed by atoms with Crippen molar-refractivity contribution in [3.05, 3.63) is 72.2 Å². The molecular weight excluding hydrogens is 489 g/mol. The number of para-hydroxylation sites is 1. The lowest BCUT2D eigenvalue weighted by atomic mass is 10.1. The highest BCUT2D eigenvalue weighted by Crippen LogP contribution is 2.21. The third-order valence-corrected chi connectivity index (χ3v) is 5.17. The minimum Gasteiger partial charge on any atom is -0.439 e. The summed E-state index contributed by atoms with van der Waals surface area (Å²) in [6.45, 7) is 4.56. The average Bonchev–Trinajstić information content (AvgIpc) is 3.42. The second kappa shape index (κ2) is 10.5. The maximum absolute atomic E-state index is 5.88. The molecule has 0 saturated carbocycles. The number of nitrogens with zero attached hydrogens (tertiary/aromatic N) is 3. The molecule has 6 nitrogen and oxygen atoms in total. The summed E-state index contributed by atoms with van der Waals surface area (Å²) in [6, 6.07) is 19.1. The molecule has 1 aliphatic heterocycles. The zero-order chi connectivity index (χ0) is 20.1. The van der Waals surface area contributed by atoms with Gasteiger partial charge in [-0.25, -0.2) is 4.98 Å². The summed E-state index contributed by atoms with van der Waals surface area (Å²) in [5.41, 5.74) is 3.52. The van der Waals surface area contributed by atoms with E-state index in [1.807, 2.05) is 18.2 Å². The molecule has 1 fully saturated rings. The summed E-state index contributed by atoms with van der Waals surface area (Å²) < 4.78 is 5.88. The maximum atomic E-state index is 5.88. The highest BCUT2D eigenvalue weighted by atomic mass is 127. The third kappa shape index (κ3) is 5.53. The highest BCUT2D eigenvalue weighted by molar-refractivity contribution is 14.0. The summed E-state index contributed by atoms with van der Waals surface area (Å²) in [6.07, 6.45) is 2.85. The van der Waals surface area contributed by atoms with Crippen molar-refractivity contribution in [1.82, 2.24) is 15.6 Å². The Kier molecular flexibility index (Phi) is 7.73. The molecule has 158 valence electrons. The van der Waals surface area contributed by atoms with Gasteiger partial charge in [-0.3, -0.25) is 4.99 Å². The summed E-state index contributed by atoms with van der Waals surface area (Å²) in [7, 11) is 1.78. The van der Waals surface area contributed by atoms with Gasteiger partial charge in [0.25, 0.3) is 0 Å². The SMILES string of the molecule is CN=C(NCc1ncc(-c2ccc(C)cc2)o1)NC1CCN(c2ccccc2)C1.I. The number of hydrogen-bond acceptors (Lipinski definition) is 4. The Labute approximate surface area is 194 Å². The van der Waals surface area contributed by atoms with Gasteiger partial charge in [-0.2, -0.15) is 0 Å². The van der Waals surface area contributed by atoms with E-state index in [1.165, 1.54) is 11.3 Å². The Balaban J connectivity index is 0.00000256. The van der Waals surface area contributed by atoms with Crippen LogP contribution in [-0.2, 0) is 6.54 Å². The van der Waals surface area contributed by atoms with E-state index in [2.05, 4.69) is 68.8 Å². The number of anilines is 1. The predicted octanol–water partition coefficient (Wildman–Crippen LogP) is 4.21. The van der Waals surface area contributed by atoms with Crippen molar-refractivity contribution in [3.63, 3.8) is 0 Å². The molecule has 2 heterocycles. The van der Waals surface area contributed by atoms with Crippen molar-refractivity contribution in [3.8, 4) is 11.3 Å². The van der Waals surface area contributed by atoms with Crippen molar-refractivity contribution < 1.29 is 4.42 Å². The number of benzene rings is 2. The molecule has 30 heavy (non-hydrogen) atoms. The smallest absolute Gasteiger partial charge is 0.214 e. The van der Waals surface area contributed by atoms with E-state index in [9.17, 15) is 0 Å². The van der Waals surface area contributed by atoms with E-state index in [4.69, 9.17) is 4.42 Å². The van der Waals surface area contributed by atoms with Crippen LogP contribution in [-0.4, -0.2) is 37.1 Å². The second-order valence-corrected chi connectivity index (χ2v) is 7.32. The average molecular weight is 517 g/mol. The van der Waals surface area contributed by atoms with Crippen LogP contribution in [0.3, 0.4) is 0 Å². The summed E-state index contributed by atoms with van der Waals surface area (Å²) in [4.78, 5) is 11.1. The topological polar surface area (TPSA) is 65.7 Å². The number of hydrogen-bond donors (Lipinski definition) is 2. The number of nitrogens with one attached hydrogen (secondary N) is 2. The van der Waals surface area contributed by atoms with Crippen molar-refractivity contribution in [1.29, 1.82) is 0 Å². The molecule has 0 radical (unpaired) electrons. The molecular formula is C23H28IN5O. The molecule has 1 saturated heterocycles. The number of aryl methyl sites for hydroxylation is 1. The van der Waals surface area contributed by atoms with Gasteiger partial charge in [0.2, 0.25) is 5.89 Å². The fraction of sp³-hybridized carbons (Fsp3) is 0.304. The molecule has 3 aromatic rings. The first-order chi connectivity index (χ1) is 14.2. The van der Waals surface area contributed by atoms with Crippen molar-refractivity contribution in [2.45, 2.75) is 25.9 Å². The molecule has 2 aromatic carbocycles. The van der Waals surface area contributed by atoms with Gasteiger partial charge in [0.15, 0.2) is 11.7 Å². The molecule has 2 N–H and O–H groups in total. The van der Waals surface area contributed by atoms with Gasteiger partial charge in [-0.15, -0.1) is 24.0 Å². The summed E-state index contributed by atoms with van der Waals surface area (Å²) in [5.74, 6) is 2.18. The van der Waals surface area contributed by atoms with E-state index in [-0.39, 0.29) is 24.0 Å². The maximum Gasteiger partial charge on any atom is 0.214 e. The van der Waals surface area contributed by atoms with Crippen molar-refractivity contribution in [2.75, 3.05) is 25.0 Å². The first-order valence-corrected chi connectivity index (χ1v) is 10.00. The quantitative estimate of drug-likeness (QED) is 0.302. The lowest BCUT2D eigenvalue weighted by Crippen LogP contribution is -2.44. The molecule has 0 amide bonds. The van der Waals surface area contributed by atoms with Crippen LogP contribution in [0.4, 0.5) is 5.69 Å². The summed E-state index contributed by atoms with van der Waals surface area (Å²) >= 11 is 0. The minimum absolute atomic E-state index is 0. The molecule has 0 aliphatic carbocycles. The van der Waals surface area contributed by atoms with Gasteiger partial charge in [0.1, 0.15) is 0 Å². The van der Waals surface area contributed by atoms with E-state index in [0.717, 1.165) is 36.8 Å². The van der Waals surface area contributed by atoms with Gasteiger partial charge in [0, 0.05) is 37.4 Å². The van der Waals surface area contributed by atoms with Crippen LogP contribution in [0.25, 0.3) is 11.3 Å². The number of rotatable bonds is 5. The van der Waals surface area contributed by atoms with Crippen LogP contribution in [0.1, 0.15) is 17.9 Å². The molecule has 1 unspecified atom stereocenters. The highest BCUT2D eigenvalue weighted by Gasteiger charge is 2.23. The van der Waals surface area contributed by atoms with E-state index >= 15 is 0 Å². The van der Waals surface area contributed by atoms with E-state index < -0.39 is 0 Å². The van der Waals surface area contributed by atoms with Gasteiger partial charge in [-0.1, -0.05) is 48.0 Å². The number of halogens is 1. The van der Waals surface area contributed by atoms with Crippen LogP contribution >= 0.6 is 24.0 Å². The Morgan fingerprint density at radius 2 is 1.93 bits per heavy atom. The lowest BCUT2D eigenvalue weighted by molar-refractivity contribution is 0.496. The molecule has 0 spiro atoms. The molecule has 4 rings (SSSR count). The van der Waals surface area contributed by atoms with Gasteiger partial charge in [0.05, 0.1) is 12.7 Å². The third-order valence-electron chi connectivity index (χ3n) is 5.17. The van der Waals surface area contributed by atoms with Crippen molar-refractivity contribution >= 4 is 35.6 Å². The van der Waals surface area contributed by atoms with Crippen LogP contribution in [0.15, 0.2) is 70.2 Å². The normalized spacial score (nSPS) is 16.3. The van der Waals surface area contributed by atoms with Crippen LogP contribution in [0, 0.1) is 6.92 Å². The zero-order valence-corrected chi connectivity index (χ0v) is 19.7. The molecule has 7 heteroatoms. The number of aromatic nitrogens is 1. The molecule has 1 aromatic heterocycles. The zero-order valence-electron chi connectivity index (χ0n) is 17.3. The fourth-order valence-corrected chi connectivity index (χ4v) is 3.54. The van der Waals surface area contributed by atoms with Gasteiger partial charge < -0.3 is 20.0 Å². The monoisotopic (exact) mass is 517 g/mol. The number of guanidine groups is 1. The van der Waals surface area contributed by atoms with Crippen LogP contribution < -0.4 is 15.5 Å². The van der Waals surface area contributed by atoms with Crippen LogP contribution in [0.2, 0.25) is 0 Å². The first-order valence-electron chi connectivity index (χ1n) is 10.00. The lowest BCUT2D eigenvalue weighted by Gasteiger charge is -2.20. The largest absolute Gasteiger partial charge is 0.439 e. The Morgan fingerprint density at radius 3 is 2.67 bits per heavy atom. The predicted molar refractivity (Wildman–Crippen MR) is 132 cm³/mol. The fourth-order valence-electron chi connectivity index (χ4n) is 3.54. The van der Waals surface area contributed by atoms with Gasteiger partial charge >= 0.3 is 0 Å². The van der Waals surface area contributed by atoms with Crippen molar-refractivity contribution in [2.24, 2.45) is 4.99 Å². The molecule has 0 bridgehead atoms. The molecule has 1 aliphatic rings. The number of aliphatic imine (C=N–C) groups is 1. The van der Waals surface area contributed by atoms with E-state index in [0.29, 0.717) is 18.5 Å². The van der Waals surface area contributed by atoms with Crippen LogP contribution in [0.5, 0.6) is 0 Å². The van der Waals surface area contributed by atoms with Gasteiger partial charge in [-0.05, 0) is 25.5 Å². The second-order valence-electron chi connectivity index (χ2n) is 7.32. The van der Waals surface area contributed by atoms with E-state index in [1.54, 1.807) is 13.2 Å². The Hall–Kier alpha value is -2.55. The standard InChI is InChI=1S/C23H27N5O.HI/c1-17-8-10-18(11-9-17)21-14-25-22(29-21)15-26-23(24-2)27-19-12-13-28(16-19)20-6-4-3-5-7-20;/h3-11,14,19H,12-13,15-16H2,1-2H3,(H2,24,26,27);1H. The summed E-state index contributed by atoms with van der Waals surface area (Å²) in [5, 5.41) is 6.81. The Morgan fingerprint density at radius 1 is 1.17 bits per heavy atom. The first kappa shape index (κ1) is 22.1.